The van der Waals surface area contributed by atoms with E-state index in [0.717, 1.165) is 49.4 Å². The summed E-state index contributed by atoms with van der Waals surface area (Å²) in [5, 5.41) is 10.7. The number of fused-ring (bicyclic) bond motifs is 2. The fourth-order valence-electron chi connectivity index (χ4n) is 5.93. The van der Waals surface area contributed by atoms with Gasteiger partial charge in [-0.05, 0) is 68.5 Å². The van der Waals surface area contributed by atoms with Crippen LogP contribution in [-0.4, -0.2) is 65.4 Å². The molecule has 3 atom stereocenters. The smallest absolute Gasteiger partial charge is 0.220 e. The molecule has 1 fully saturated rings. The Bertz CT molecular complexity index is 1270. The highest BCUT2D eigenvalue weighted by molar-refractivity contribution is 5.80. The highest BCUT2D eigenvalue weighted by Crippen LogP contribution is 2.40. The van der Waals surface area contributed by atoms with Crippen LogP contribution in [0.3, 0.4) is 0 Å². The zero-order valence-corrected chi connectivity index (χ0v) is 23.6. The average molecular weight is 528 g/mol. The van der Waals surface area contributed by atoms with Crippen molar-refractivity contribution in [3.8, 4) is 5.75 Å². The number of likely N-dealkylation sites (tertiary alicyclic amines) is 1. The number of aliphatic hydroxyl groups is 1. The van der Waals surface area contributed by atoms with Crippen LogP contribution in [0.1, 0.15) is 55.9 Å². The number of dihydropyridines is 1. The van der Waals surface area contributed by atoms with Crippen LogP contribution in [-0.2, 0) is 16.9 Å². The minimum Gasteiger partial charge on any atom is -0.491 e. The molecule has 2 unspecified atom stereocenters. The molecule has 0 aliphatic carbocycles. The number of hydrogen-bond acceptors (Lipinski definition) is 5. The van der Waals surface area contributed by atoms with Gasteiger partial charge in [0.2, 0.25) is 5.91 Å². The maximum absolute atomic E-state index is 12.6. The maximum atomic E-state index is 12.6. The molecule has 2 aromatic carbocycles. The monoisotopic (exact) mass is 527 g/mol. The number of nitrogens with zero attached hydrogens (tertiary/aromatic N) is 3. The van der Waals surface area contributed by atoms with Crippen molar-refractivity contribution in [1.29, 1.82) is 0 Å². The van der Waals surface area contributed by atoms with Gasteiger partial charge in [0.25, 0.3) is 0 Å². The molecule has 0 radical (unpaired) electrons. The number of hydrogen-bond donors (Lipinski definition) is 1. The molecule has 206 valence electrons. The summed E-state index contributed by atoms with van der Waals surface area (Å²) in [5.41, 5.74) is 4.61. The molecule has 0 spiro atoms. The number of carbonyl (C=O) groups is 1. The van der Waals surface area contributed by atoms with E-state index in [9.17, 15) is 9.90 Å². The van der Waals surface area contributed by atoms with Crippen molar-refractivity contribution in [3.63, 3.8) is 0 Å². The summed E-state index contributed by atoms with van der Waals surface area (Å²) in [6.45, 7) is 11.4. The molecular weight excluding hydrogens is 486 g/mol. The normalized spacial score (nSPS) is 23.7. The van der Waals surface area contributed by atoms with Gasteiger partial charge in [-0.3, -0.25) is 9.79 Å². The van der Waals surface area contributed by atoms with E-state index in [1.165, 1.54) is 16.7 Å². The van der Waals surface area contributed by atoms with Crippen LogP contribution in [0.4, 0.5) is 0 Å². The number of ether oxygens (including phenoxy) is 1. The van der Waals surface area contributed by atoms with E-state index >= 15 is 0 Å². The lowest BCUT2D eigenvalue weighted by Gasteiger charge is -2.28. The van der Waals surface area contributed by atoms with Crippen LogP contribution in [0.15, 0.2) is 65.7 Å². The highest BCUT2D eigenvalue weighted by Gasteiger charge is 2.32. The van der Waals surface area contributed by atoms with Crippen molar-refractivity contribution < 1.29 is 14.6 Å². The number of aryl methyl sites for hydroxylation is 1. The van der Waals surface area contributed by atoms with Crippen molar-refractivity contribution in [2.75, 3.05) is 26.2 Å². The van der Waals surface area contributed by atoms with E-state index in [0.29, 0.717) is 13.2 Å². The molecule has 3 aliphatic heterocycles. The summed E-state index contributed by atoms with van der Waals surface area (Å²) < 4.78 is 6.20. The second-order valence-corrected chi connectivity index (χ2v) is 11.7. The average Bonchev–Trinajstić information content (AvgIpc) is 3.31. The lowest BCUT2D eigenvalue weighted by atomic mass is 9.84. The molecule has 0 bridgehead atoms. The first-order chi connectivity index (χ1) is 18.7. The van der Waals surface area contributed by atoms with Crippen LogP contribution < -0.4 is 4.74 Å². The van der Waals surface area contributed by atoms with Gasteiger partial charge in [0.1, 0.15) is 12.4 Å². The summed E-state index contributed by atoms with van der Waals surface area (Å²) in [4.78, 5) is 21.8. The fourth-order valence-corrected chi connectivity index (χ4v) is 5.93. The summed E-state index contributed by atoms with van der Waals surface area (Å²) >= 11 is 0. The van der Waals surface area contributed by atoms with E-state index in [4.69, 9.17) is 9.73 Å². The van der Waals surface area contributed by atoms with Crippen LogP contribution in [0, 0.1) is 12.8 Å². The summed E-state index contributed by atoms with van der Waals surface area (Å²) in [6, 6.07) is 14.8. The predicted molar refractivity (Wildman–Crippen MR) is 157 cm³/mol. The van der Waals surface area contributed by atoms with Gasteiger partial charge in [-0.2, -0.15) is 0 Å². The van der Waals surface area contributed by atoms with Gasteiger partial charge in [0, 0.05) is 56.8 Å². The topological polar surface area (TPSA) is 65.4 Å². The molecule has 1 amide bonds. The SMILES string of the molecule is CC(=O)N(Cc1ccc(C)cc1)[C@H]1CCN(CC/C=C2/c3cc(C(C)(C)O)ccc3OCC3N=CC=CC23)C1. The maximum Gasteiger partial charge on any atom is 0.220 e. The van der Waals surface area contributed by atoms with Crippen LogP contribution in [0.5, 0.6) is 5.75 Å². The molecule has 6 heteroatoms. The molecule has 6 nitrogen and oxygen atoms in total. The largest absolute Gasteiger partial charge is 0.491 e. The number of allylic oxidation sites excluding steroid dienone is 1. The number of rotatable bonds is 7. The van der Waals surface area contributed by atoms with Crippen molar-refractivity contribution in [2.24, 2.45) is 10.9 Å². The molecule has 39 heavy (non-hydrogen) atoms. The Labute approximate surface area is 232 Å². The predicted octanol–water partition coefficient (Wildman–Crippen LogP) is 5.14. The number of benzene rings is 2. The molecule has 0 aromatic heterocycles. The lowest BCUT2D eigenvalue weighted by molar-refractivity contribution is -0.131. The Morgan fingerprint density at radius 2 is 2.03 bits per heavy atom. The number of amides is 1. The van der Waals surface area contributed by atoms with Crippen LogP contribution >= 0.6 is 0 Å². The summed E-state index contributed by atoms with van der Waals surface area (Å²) in [7, 11) is 0. The second-order valence-electron chi connectivity index (χ2n) is 11.7. The quantitative estimate of drug-likeness (QED) is 0.542. The number of carbonyl (C=O) groups excluding carboxylic acids is 1. The van der Waals surface area contributed by atoms with Gasteiger partial charge in [-0.15, -0.1) is 0 Å². The van der Waals surface area contributed by atoms with E-state index in [1.807, 2.05) is 43.2 Å². The fraction of sp³-hybridized carbons (Fsp3) is 0.455. The van der Waals surface area contributed by atoms with Gasteiger partial charge < -0.3 is 19.6 Å². The van der Waals surface area contributed by atoms with E-state index < -0.39 is 5.60 Å². The third-order valence-electron chi connectivity index (χ3n) is 8.24. The van der Waals surface area contributed by atoms with Gasteiger partial charge in [0.15, 0.2) is 0 Å². The number of aliphatic imine (C=N–C) groups is 1. The Kier molecular flexibility index (Phi) is 8.06. The minimum absolute atomic E-state index is 0.0429. The van der Waals surface area contributed by atoms with Crippen molar-refractivity contribution in [3.05, 3.63) is 82.9 Å². The van der Waals surface area contributed by atoms with E-state index in [2.05, 4.69) is 54.3 Å². The van der Waals surface area contributed by atoms with Gasteiger partial charge >= 0.3 is 0 Å². The van der Waals surface area contributed by atoms with E-state index in [-0.39, 0.29) is 23.9 Å². The Hall–Kier alpha value is -3.22. The van der Waals surface area contributed by atoms with Gasteiger partial charge in [-0.1, -0.05) is 48.0 Å². The first kappa shape index (κ1) is 27.4. The zero-order valence-electron chi connectivity index (χ0n) is 23.6. The third-order valence-corrected chi connectivity index (χ3v) is 8.24. The van der Waals surface area contributed by atoms with Crippen molar-refractivity contribution in [2.45, 2.75) is 64.8 Å². The highest BCUT2D eigenvalue weighted by atomic mass is 16.5. The zero-order chi connectivity index (χ0) is 27.6. The first-order valence-corrected chi connectivity index (χ1v) is 14.1. The molecule has 1 N–H and O–H groups in total. The Balaban J connectivity index is 1.30. The molecule has 3 aliphatic rings. The summed E-state index contributed by atoms with van der Waals surface area (Å²) in [6.07, 6.45) is 10.3. The first-order valence-electron chi connectivity index (χ1n) is 14.1. The minimum atomic E-state index is -0.932. The molecule has 0 saturated carbocycles. The summed E-state index contributed by atoms with van der Waals surface area (Å²) in [5.74, 6) is 1.13. The van der Waals surface area contributed by atoms with Crippen molar-refractivity contribution >= 4 is 17.7 Å². The second kappa shape index (κ2) is 11.5. The standard InChI is InChI=1S/C33H41N3O3/c1-23-9-11-25(12-10-23)20-36(24(2)37)27-15-18-35(21-27)17-6-8-28-29-7-5-16-34-31(29)22-39-32-14-13-26(19-30(28)32)33(3,4)38/h5,7-14,16,19,27,29,31,38H,6,15,17-18,20-22H2,1-4H3/b28-8+/t27-,29?,31?/m0/s1. The van der Waals surface area contributed by atoms with Gasteiger partial charge in [0.05, 0.1) is 11.6 Å². The van der Waals surface area contributed by atoms with Gasteiger partial charge in [-0.25, -0.2) is 0 Å². The van der Waals surface area contributed by atoms with Crippen LogP contribution in [0.2, 0.25) is 0 Å². The Morgan fingerprint density at radius 1 is 1.23 bits per heavy atom. The molecule has 2 aromatic rings. The third kappa shape index (κ3) is 6.34. The molecule has 5 rings (SSSR count). The lowest BCUT2D eigenvalue weighted by Crippen LogP contribution is -2.40. The van der Waals surface area contributed by atoms with Crippen molar-refractivity contribution in [1.82, 2.24) is 9.80 Å². The molecular formula is C33H41N3O3. The van der Waals surface area contributed by atoms with E-state index in [1.54, 1.807) is 6.92 Å². The molecule has 1 saturated heterocycles. The molecule has 3 heterocycles. The Morgan fingerprint density at radius 3 is 2.77 bits per heavy atom. The van der Waals surface area contributed by atoms with Crippen LogP contribution in [0.25, 0.3) is 5.57 Å².